The van der Waals surface area contributed by atoms with Gasteiger partial charge in [-0.3, -0.25) is 14.3 Å². The van der Waals surface area contributed by atoms with E-state index in [-0.39, 0.29) is 13.0 Å². The smallest absolute Gasteiger partial charge is 0.330 e. The van der Waals surface area contributed by atoms with Crippen LogP contribution in [-0.2, 0) is 4.74 Å². The summed E-state index contributed by atoms with van der Waals surface area (Å²) in [6, 6.07) is 0. The summed E-state index contributed by atoms with van der Waals surface area (Å²) in [5.41, 5.74) is -0.734. The largest absolute Gasteiger partial charge is 0.355 e. The number of ether oxygens (including phenoxy) is 1. The van der Waals surface area contributed by atoms with Crippen molar-refractivity contribution < 1.29 is 9.13 Å². The highest BCUT2D eigenvalue weighted by Gasteiger charge is 2.30. The zero-order chi connectivity index (χ0) is 11.0. The van der Waals surface area contributed by atoms with Gasteiger partial charge in [-0.2, -0.15) is 0 Å². The van der Waals surface area contributed by atoms with Crippen LogP contribution >= 0.6 is 0 Å². The zero-order valence-corrected chi connectivity index (χ0v) is 8.20. The number of halogens is 1. The summed E-state index contributed by atoms with van der Waals surface area (Å²) in [6.45, 7) is 1.84. The predicted octanol–water partition coefficient (Wildman–Crippen LogP) is 0.102. The molecule has 6 heteroatoms. The lowest BCUT2D eigenvalue weighted by molar-refractivity contribution is 0.0177. The first-order chi connectivity index (χ1) is 7.09. The number of H-pyrrole nitrogens is 1. The highest BCUT2D eigenvalue weighted by atomic mass is 19.1. The van der Waals surface area contributed by atoms with Gasteiger partial charge < -0.3 is 4.74 Å². The highest BCUT2D eigenvalue weighted by Crippen LogP contribution is 2.24. The van der Waals surface area contributed by atoms with Crippen molar-refractivity contribution >= 4 is 0 Å². The highest BCUT2D eigenvalue weighted by molar-refractivity contribution is 5.01. The fourth-order valence-corrected chi connectivity index (χ4v) is 1.58. The lowest BCUT2D eigenvalue weighted by Crippen LogP contribution is -2.35. The first-order valence-corrected chi connectivity index (χ1v) is 4.67. The first kappa shape index (κ1) is 10.1. The molecule has 2 rings (SSSR count). The van der Waals surface area contributed by atoms with Gasteiger partial charge >= 0.3 is 5.69 Å². The summed E-state index contributed by atoms with van der Waals surface area (Å²) in [6.07, 6.45) is -0.514. The van der Waals surface area contributed by atoms with E-state index < -0.39 is 23.6 Å². The van der Waals surface area contributed by atoms with E-state index in [1.165, 1.54) is 6.20 Å². The molecule has 1 aliphatic heterocycles. The van der Waals surface area contributed by atoms with E-state index in [0.29, 0.717) is 5.56 Å². The Morgan fingerprint density at radius 1 is 1.60 bits per heavy atom. The third kappa shape index (κ3) is 1.72. The van der Waals surface area contributed by atoms with Gasteiger partial charge in [0.15, 0.2) is 6.23 Å². The number of hydrogen-bond acceptors (Lipinski definition) is 3. The van der Waals surface area contributed by atoms with Crippen molar-refractivity contribution in [2.45, 2.75) is 25.7 Å². The summed E-state index contributed by atoms with van der Waals surface area (Å²) < 4.78 is 19.5. The number of aryl methyl sites for hydroxylation is 1. The fourth-order valence-electron chi connectivity index (χ4n) is 1.58. The monoisotopic (exact) mass is 214 g/mol. The summed E-state index contributed by atoms with van der Waals surface area (Å²) in [4.78, 5) is 24.6. The van der Waals surface area contributed by atoms with Crippen LogP contribution in [0.1, 0.15) is 18.2 Å². The Morgan fingerprint density at radius 2 is 2.33 bits per heavy atom. The summed E-state index contributed by atoms with van der Waals surface area (Å²) >= 11 is 0. The maximum Gasteiger partial charge on any atom is 0.330 e. The molecule has 1 saturated heterocycles. The molecule has 0 amide bonds. The Hall–Kier alpha value is -1.43. The standard InChI is InChI=1S/C9H11FN2O3/c1-5-4-12(9(14)11-7(5)13)8-6(10)2-3-15-8/h4,6,8H,2-3H2,1H3,(H,11,13,14)/t6-,8+/m0/s1. The van der Waals surface area contributed by atoms with Crippen molar-refractivity contribution in [3.63, 3.8) is 0 Å². The van der Waals surface area contributed by atoms with Crippen molar-refractivity contribution in [2.24, 2.45) is 0 Å². The summed E-state index contributed by atoms with van der Waals surface area (Å²) in [5, 5.41) is 0. The maximum absolute atomic E-state index is 13.3. The van der Waals surface area contributed by atoms with Gasteiger partial charge in [-0.15, -0.1) is 0 Å². The van der Waals surface area contributed by atoms with Gasteiger partial charge in [0.2, 0.25) is 0 Å². The Balaban J connectivity index is 2.48. The molecule has 0 spiro atoms. The second kappa shape index (κ2) is 3.62. The van der Waals surface area contributed by atoms with Gasteiger partial charge in [-0.05, 0) is 6.92 Å². The molecule has 2 heterocycles. The van der Waals surface area contributed by atoms with E-state index in [1.807, 2.05) is 0 Å². The summed E-state index contributed by atoms with van der Waals surface area (Å²) in [7, 11) is 0. The van der Waals surface area contributed by atoms with Crippen LogP contribution in [0.15, 0.2) is 15.8 Å². The number of aromatic nitrogens is 2. The van der Waals surface area contributed by atoms with Crippen molar-refractivity contribution in [3.05, 3.63) is 32.6 Å². The van der Waals surface area contributed by atoms with Crippen LogP contribution in [0.25, 0.3) is 0 Å². The average molecular weight is 214 g/mol. The molecule has 0 bridgehead atoms. The van der Waals surface area contributed by atoms with E-state index in [2.05, 4.69) is 4.98 Å². The van der Waals surface area contributed by atoms with Gasteiger partial charge in [-0.25, -0.2) is 9.18 Å². The molecule has 0 radical (unpaired) electrons. The molecule has 2 atom stereocenters. The lowest BCUT2D eigenvalue weighted by atomic mass is 10.3. The molecule has 0 unspecified atom stereocenters. The Morgan fingerprint density at radius 3 is 2.93 bits per heavy atom. The van der Waals surface area contributed by atoms with E-state index in [1.54, 1.807) is 6.92 Å². The number of alkyl halides is 1. The van der Waals surface area contributed by atoms with Crippen molar-refractivity contribution in [2.75, 3.05) is 6.61 Å². The lowest BCUT2D eigenvalue weighted by Gasteiger charge is -2.15. The minimum Gasteiger partial charge on any atom is -0.355 e. The molecule has 15 heavy (non-hydrogen) atoms. The minimum absolute atomic E-state index is 0.273. The predicted molar refractivity (Wildman–Crippen MR) is 50.6 cm³/mol. The number of aromatic amines is 1. The second-order valence-corrected chi connectivity index (χ2v) is 3.54. The molecular formula is C9H11FN2O3. The quantitative estimate of drug-likeness (QED) is 0.721. The van der Waals surface area contributed by atoms with Crippen LogP contribution in [-0.4, -0.2) is 22.3 Å². The van der Waals surface area contributed by atoms with Gasteiger partial charge in [-0.1, -0.05) is 0 Å². The Bertz CT molecular complexity index is 479. The van der Waals surface area contributed by atoms with Crippen LogP contribution in [0, 0.1) is 6.92 Å². The number of nitrogens with one attached hydrogen (secondary N) is 1. The van der Waals surface area contributed by atoms with Crippen molar-refractivity contribution in [1.29, 1.82) is 0 Å². The summed E-state index contributed by atoms with van der Waals surface area (Å²) in [5.74, 6) is 0. The van der Waals surface area contributed by atoms with Crippen LogP contribution in [0.5, 0.6) is 0 Å². The van der Waals surface area contributed by atoms with Crippen molar-refractivity contribution in [3.8, 4) is 0 Å². The number of rotatable bonds is 1. The maximum atomic E-state index is 13.3. The Kier molecular flexibility index (Phi) is 2.44. The third-order valence-corrected chi connectivity index (χ3v) is 2.41. The van der Waals surface area contributed by atoms with Crippen LogP contribution in [0.4, 0.5) is 4.39 Å². The topological polar surface area (TPSA) is 64.1 Å². The molecule has 0 aliphatic carbocycles. The molecule has 1 N–H and O–H groups in total. The van der Waals surface area contributed by atoms with Crippen LogP contribution < -0.4 is 11.2 Å². The average Bonchev–Trinajstić information content (AvgIpc) is 2.58. The fraction of sp³-hybridized carbons (Fsp3) is 0.556. The molecule has 1 aliphatic rings. The second-order valence-electron chi connectivity index (χ2n) is 3.54. The number of nitrogens with zero attached hydrogens (tertiary/aromatic N) is 1. The van der Waals surface area contributed by atoms with Gasteiger partial charge in [0.05, 0.1) is 6.61 Å². The Labute approximate surface area is 84.5 Å². The number of hydrogen-bond donors (Lipinski definition) is 1. The first-order valence-electron chi connectivity index (χ1n) is 4.67. The van der Waals surface area contributed by atoms with E-state index >= 15 is 0 Å². The third-order valence-electron chi connectivity index (χ3n) is 2.41. The van der Waals surface area contributed by atoms with Crippen LogP contribution in [0.3, 0.4) is 0 Å². The zero-order valence-electron chi connectivity index (χ0n) is 8.20. The molecule has 0 saturated carbocycles. The molecule has 1 aromatic rings. The molecule has 1 aromatic heterocycles. The van der Waals surface area contributed by atoms with Crippen LogP contribution in [0.2, 0.25) is 0 Å². The molecule has 5 nitrogen and oxygen atoms in total. The molecule has 0 aromatic carbocycles. The normalized spacial score (nSPS) is 25.7. The molecular weight excluding hydrogens is 203 g/mol. The van der Waals surface area contributed by atoms with Gasteiger partial charge in [0.1, 0.15) is 6.17 Å². The van der Waals surface area contributed by atoms with E-state index in [4.69, 9.17) is 4.74 Å². The van der Waals surface area contributed by atoms with Gasteiger partial charge in [0.25, 0.3) is 5.56 Å². The van der Waals surface area contributed by atoms with E-state index in [9.17, 15) is 14.0 Å². The van der Waals surface area contributed by atoms with E-state index in [0.717, 1.165) is 4.57 Å². The molecule has 82 valence electrons. The van der Waals surface area contributed by atoms with Crippen molar-refractivity contribution in [1.82, 2.24) is 9.55 Å². The minimum atomic E-state index is -1.20. The van der Waals surface area contributed by atoms with Gasteiger partial charge in [0, 0.05) is 18.2 Å². The molecule has 1 fully saturated rings. The SMILES string of the molecule is Cc1cn([C@@H]2OCC[C@@H]2F)c(=O)[nH]c1=O.